The Hall–Kier alpha value is -0.280. The molecule has 0 radical (unpaired) electrons. The summed E-state index contributed by atoms with van der Waals surface area (Å²) in [6.45, 7) is 6.77. The molecule has 1 saturated carbocycles. The highest BCUT2D eigenvalue weighted by atomic mass is 35.5. The highest BCUT2D eigenvalue weighted by Gasteiger charge is 2.27. The number of carbonyl (C=O) groups is 1. The smallest absolute Gasteiger partial charge is 0.237 e. The molecule has 1 aliphatic rings. The molecule has 3 N–H and O–H groups in total. The first kappa shape index (κ1) is 16.7. The zero-order valence-electron chi connectivity index (χ0n) is 11.3. The van der Waals surface area contributed by atoms with E-state index in [0.717, 1.165) is 18.9 Å². The fourth-order valence-electron chi connectivity index (χ4n) is 2.20. The number of carbonyl (C=O) groups excluding carboxylic acids is 1. The van der Waals surface area contributed by atoms with Crippen LogP contribution in [0.25, 0.3) is 0 Å². The van der Waals surface area contributed by atoms with E-state index in [1.165, 1.54) is 25.7 Å². The first-order chi connectivity index (χ1) is 7.41. The van der Waals surface area contributed by atoms with Gasteiger partial charge in [-0.15, -0.1) is 12.4 Å². The van der Waals surface area contributed by atoms with E-state index in [-0.39, 0.29) is 23.7 Å². The summed E-state index contributed by atoms with van der Waals surface area (Å²) in [6.07, 6.45) is 6.51. The van der Waals surface area contributed by atoms with Gasteiger partial charge in [-0.1, -0.05) is 46.5 Å². The highest BCUT2D eigenvalue weighted by molar-refractivity contribution is 5.85. The zero-order valence-corrected chi connectivity index (χ0v) is 12.1. The van der Waals surface area contributed by atoms with Crippen LogP contribution in [0.2, 0.25) is 0 Å². The number of nitrogens with one attached hydrogen (secondary N) is 1. The monoisotopic (exact) mass is 262 g/mol. The Balaban J connectivity index is 0.00000256. The molecule has 3 nitrogen and oxygen atoms in total. The van der Waals surface area contributed by atoms with Crippen molar-refractivity contribution < 1.29 is 4.79 Å². The van der Waals surface area contributed by atoms with E-state index in [4.69, 9.17) is 5.73 Å². The van der Waals surface area contributed by atoms with Gasteiger partial charge in [0.25, 0.3) is 0 Å². The van der Waals surface area contributed by atoms with Crippen molar-refractivity contribution in [2.45, 2.75) is 58.9 Å². The van der Waals surface area contributed by atoms with Crippen LogP contribution in [0.15, 0.2) is 0 Å². The van der Waals surface area contributed by atoms with Crippen molar-refractivity contribution in [3.63, 3.8) is 0 Å². The Kier molecular flexibility index (Phi) is 7.10. The number of hydrogen-bond acceptors (Lipinski definition) is 2. The molecule has 0 aromatic carbocycles. The molecule has 17 heavy (non-hydrogen) atoms. The average molecular weight is 263 g/mol. The second-order valence-electron chi connectivity index (χ2n) is 6.07. The minimum Gasteiger partial charge on any atom is -0.355 e. The van der Waals surface area contributed by atoms with E-state index in [9.17, 15) is 4.79 Å². The van der Waals surface area contributed by atoms with Crippen molar-refractivity contribution >= 4 is 18.3 Å². The van der Waals surface area contributed by atoms with E-state index >= 15 is 0 Å². The van der Waals surface area contributed by atoms with Crippen molar-refractivity contribution in [2.24, 2.45) is 17.1 Å². The second-order valence-corrected chi connectivity index (χ2v) is 6.07. The second kappa shape index (κ2) is 7.22. The maximum absolute atomic E-state index is 11.7. The average Bonchev–Trinajstić information content (AvgIpc) is 2.67. The summed E-state index contributed by atoms with van der Waals surface area (Å²) in [4.78, 5) is 11.7. The van der Waals surface area contributed by atoms with Crippen molar-refractivity contribution in [1.29, 1.82) is 0 Å². The molecule has 4 heteroatoms. The maximum Gasteiger partial charge on any atom is 0.237 e. The summed E-state index contributed by atoms with van der Waals surface area (Å²) < 4.78 is 0. The Bertz CT molecular complexity index is 232. The normalized spacial score (nSPS) is 18.6. The molecule has 0 saturated heterocycles. The summed E-state index contributed by atoms with van der Waals surface area (Å²) in [5.41, 5.74) is 5.72. The third-order valence-corrected chi connectivity index (χ3v) is 3.54. The Labute approximate surface area is 111 Å². The highest BCUT2D eigenvalue weighted by Crippen LogP contribution is 2.27. The lowest BCUT2D eigenvalue weighted by Crippen LogP contribution is -2.48. The number of amides is 1. The number of rotatable bonds is 4. The molecule has 102 valence electrons. The molecule has 0 aliphatic heterocycles. The SMILES string of the molecule is CC(C)(C)[C@H](N)C(=O)NCCC1CCCC1.Cl. The van der Waals surface area contributed by atoms with Crippen LogP contribution in [0, 0.1) is 11.3 Å². The van der Waals surface area contributed by atoms with Gasteiger partial charge < -0.3 is 11.1 Å². The fraction of sp³-hybridized carbons (Fsp3) is 0.923. The Morgan fingerprint density at radius 2 is 1.88 bits per heavy atom. The molecule has 1 amide bonds. The van der Waals surface area contributed by atoms with Crippen LogP contribution in [-0.2, 0) is 4.79 Å². The lowest BCUT2D eigenvalue weighted by Gasteiger charge is -2.26. The van der Waals surface area contributed by atoms with E-state index in [0.29, 0.717) is 0 Å². The van der Waals surface area contributed by atoms with Crippen LogP contribution < -0.4 is 11.1 Å². The van der Waals surface area contributed by atoms with Crippen LogP contribution in [0.1, 0.15) is 52.9 Å². The molecule has 0 unspecified atom stereocenters. The summed E-state index contributed by atoms with van der Waals surface area (Å²) in [5, 5.41) is 2.95. The van der Waals surface area contributed by atoms with Gasteiger partial charge in [-0.3, -0.25) is 4.79 Å². The van der Waals surface area contributed by atoms with Gasteiger partial charge >= 0.3 is 0 Å². The predicted octanol–water partition coefficient (Wildman–Crippen LogP) is 2.48. The van der Waals surface area contributed by atoms with Crippen molar-refractivity contribution in [1.82, 2.24) is 5.32 Å². The Morgan fingerprint density at radius 3 is 2.35 bits per heavy atom. The van der Waals surface area contributed by atoms with E-state index in [1.54, 1.807) is 0 Å². The van der Waals surface area contributed by atoms with Crippen LogP contribution >= 0.6 is 12.4 Å². The predicted molar refractivity (Wildman–Crippen MR) is 74.3 cm³/mol. The first-order valence-electron chi connectivity index (χ1n) is 6.44. The van der Waals surface area contributed by atoms with Gasteiger partial charge in [0.15, 0.2) is 0 Å². The summed E-state index contributed by atoms with van der Waals surface area (Å²) in [7, 11) is 0. The Morgan fingerprint density at radius 1 is 1.35 bits per heavy atom. The number of halogens is 1. The maximum atomic E-state index is 11.7. The minimum atomic E-state index is -0.406. The molecule has 0 spiro atoms. The lowest BCUT2D eigenvalue weighted by atomic mass is 9.87. The zero-order chi connectivity index (χ0) is 12.2. The standard InChI is InChI=1S/C13H26N2O.ClH/c1-13(2,3)11(14)12(16)15-9-8-10-6-4-5-7-10;/h10-11H,4-9,14H2,1-3H3,(H,15,16);1H/t11-;/m1./s1. The number of hydrogen-bond donors (Lipinski definition) is 2. The summed E-state index contributed by atoms with van der Waals surface area (Å²) in [6, 6.07) is -0.406. The molecule has 1 rings (SSSR count). The van der Waals surface area contributed by atoms with E-state index < -0.39 is 6.04 Å². The third kappa shape index (κ3) is 5.73. The third-order valence-electron chi connectivity index (χ3n) is 3.54. The van der Waals surface area contributed by atoms with E-state index in [1.807, 2.05) is 20.8 Å². The van der Waals surface area contributed by atoms with Crippen LogP contribution in [0.4, 0.5) is 0 Å². The largest absolute Gasteiger partial charge is 0.355 e. The van der Waals surface area contributed by atoms with Gasteiger partial charge in [0.05, 0.1) is 6.04 Å². The van der Waals surface area contributed by atoms with Crippen molar-refractivity contribution in [3.8, 4) is 0 Å². The molecule has 1 fully saturated rings. The fourth-order valence-corrected chi connectivity index (χ4v) is 2.20. The lowest BCUT2D eigenvalue weighted by molar-refractivity contribution is -0.124. The van der Waals surface area contributed by atoms with Crippen molar-refractivity contribution in [3.05, 3.63) is 0 Å². The van der Waals surface area contributed by atoms with Gasteiger partial charge in [0, 0.05) is 6.54 Å². The van der Waals surface area contributed by atoms with Gasteiger partial charge in [0.2, 0.25) is 5.91 Å². The molecular weight excluding hydrogens is 236 g/mol. The van der Waals surface area contributed by atoms with Gasteiger partial charge in [0.1, 0.15) is 0 Å². The van der Waals surface area contributed by atoms with Crippen molar-refractivity contribution in [2.75, 3.05) is 6.54 Å². The first-order valence-corrected chi connectivity index (χ1v) is 6.44. The van der Waals surface area contributed by atoms with Gasteiger partial charge in [-0.25, -0.2) is 0 Å². The molecular formula is C13H27ClN2O. The molecule has 1 atom stereocenters. The van der Waals surface area contributed by atoms with Gasteiger partial charge in [-0.05, 0) is 17.8 Å². The quantitative estimate of drug-likeness (QED) is 0.818. The molecule has 0 heterocycles. The number of nitrogens with two attached hydrogens (primary N) is 1. The minimum absolute atomic E-state index is 0. The molecule has 0 aromatic heterocycles. The van der Waals surface area contributed by atoms with E-state index in [2.05, 4.69) is 5.32 Å². The molecule has 0 aromatic rings. The van der Waals surface area contributed by atoms with Crippen LogP contribution in [-0.4, -0.2) is 18.5 Å². The summed E-state index contributed by atoms with van der Waals surface area (Å²) in [5.74, 6) is 0.816. The van der Waals surface area contributed by atoms with Gasteiger partial charge in [-0.2, -0.15) is 0 Å². The molecule has 0 bridgehead atoms. The van der Waals surface area contributed by atoms with Crippen LogP contribution in [0.3, 0.4) is 0 Å². The summed E-state index contributed by atoms with van der Waals surface area (Å²) >= 11 is 0. The van der Waals surface area contributed by atoms with Crippen LogP contribution in [0.5, 0.6) is 0 Å². The topological polar surface area (TPSA) is 55.1 Å². The molecule has 1 aliphatic carbocycles.